The summed E-state index contributed by atoms with van der Waals surface area (Å²) in [7, 11) is 1.80. The molecule has 0 aromatic rings. The van der Waals surface area contributed by atoms with E-state index in [1.165, 1.54) is 0 Å². The Morgan fingerprint density at radius 2 is 2.44 bits per heavy atom. The molecule has 1 aliphatic heterocycles. The zero-order valence-electron chi connectivity index (χ0n) is 5.65. The molecule has 0 radical (unpaired) electrons. The van der Waals surface area contributed by atoms with Gasteiger partial charge in [0.1, 0.15) is 6.17 Å². The molecule has 1 aliphatic rings. The maximum Gasteiger partial charge on any atom is 0.118 e. The van der Waals surface area contributed by atoms with E-state index < -0.39 is 6.17 Å². The lowest BCUT2D eigenvalue weighted by atomic mass is 10.1. The summed E-state index contributed by atoms with van der Waals surface area (Å²) in [6.45, 7) is 1.58. The number of hydrogen-bond donors (Lipinski definition) is 2. The van der Waals surface area contributed by atoms with Gasteiger partial charge in [0.05, 0.1) is 6.04 Å². The molecule has 1 rings (SSSR count). The fraction of sp³-hybridized carbons (Fsp3) is 1.00. The van der Waals surface area contributed by atoms with Crippen molar-refractivity contribution in [3.05, 3.63) is 0 Å². The van der Waals surface area contributed by atoms with Gasteiger partial charge in [-0.1, -0.05) is 0 Å². The summed E-state index contributed by atoms with van der Waals surface area (Å²) in [5.41, 5.74) is 0. The highest BCUT2D eigenvalue weighted by atomic mass is 19.1. The van der Waals surface area contributed by atoms with Gasteiger partial charge in [-0.05, 0) is 20.0 Å². The summed E-state index contributed by atoms with van der Waals surface area (Å²) >= 11 is 0. The van der Waals surface area contributed by atoms with E-state index in [2.05, 4.69) is 10.6 Å². The SMILES string of the molecule is CNC1CNCC[C@H]1F. The average Bonchev–Trinajstić information content (AvgIpc) is 1.89. The van der Waals surface area contributed by atoms with Crippen molar-refractivity contribution in [2.24, 2.45) is 0 Å². The maximum absolute atomic E-state index is 12.7. The van der Waals surface area contributed by atoms with Gasteiger partial charge in [0.2, 0.25) is 0 Å². The Morgan fingerprint density at radius 3 is 2.89 bits per heavy atom. The Balaban J connectivity index is 2.30. The van der Waals surface area contributed by atoms with Gasteiger partial charge in [-0.25, -0.2) is 4.39 Å². The number of hydrogen-bond acceptors (Lipinski definition) is 2. The van der Waals surface area contributed by atoms with Gasteiger partial charge < -0.3 is 10.6 Å². The van der Waals surface area contributed by atoms with Crippen molar-refractivity contribution in [2.45, 2.75) is 18.6 Å². The van der Waals surface area contributed by atoms with Crippen molar-refractivity contribution in [1.82, 2.24) is 10.6 Å². The summed E-state index contributed by atoms with van der Waals surface area (Å²) in [6.07, 6.45) is -0.0119. The van der Waals surface area contributed by atoms with E-state index in [0.29, 0.717) is 6.42 Å². The molecule has 0 amide bonds. The lowest BCUT2D eigenvalue weighted by Gasteiger charge is -2.25. The molecule has 54 valence electrons. The van der Waals surface area contributed by atoms with Crippen LogP contribution in [0.15, 0.2) is 0 Å². The molecule has 1 heterocycles. The third-order valence-corrected chi connectivity index (χ3v) is 1.77. The average molecular weight is 132 g/mol. The standard InChI is InChI=1S/C6H13FN2/c1-8-6-4-9-3-2-5(6)7/h5-6,8-9H,2-4H2,1H3/t5-,6?/m1/s1. The third-order valence-electron chi connectivity index (χ3n) is 1.77. The molecule has 1 fully saturated rings. The maximum atomic E-state index is 12.7. The Kier molecular flexibility index (Phi) is 2.42. The van der Waals surface area contributed by atoms with Crippen LogP contribution in [-0.2, 0) is 0 Å². The van der Waals surface area contributed by atoms with Crippen LogP contribution in [0.25, 0.3) is 0 Å². The summed E-state index contributed by atoms with van der Waals surface area (Å²) in [6, 6.07) is 0.0266. The normalized spacial score (nSPS) is 36.7. The lowest BCUT2D eigenvalue weighted by Crippen LogP contribution is -2.48. The van der Waals surface area contributed by atoms with Crippen LogP contribution in [0.1, 0.15) is 6.42 Å². The minimum atomic E-state index is -0.656. The highest BCUT2D eigenvalue weighted by molar-refractivity contribution is 4.81. The molecular formula is C6H13FN2. The van der Waals surface area contributed by atoms with Gasteiger partial charge in [-0.15, -0.1) is 0 Å². The fourth-order valence-electron chi connectivity index (χ4n) is 1.11. The van der Waals surface area contributed by atoms with Crippen molar-refractivity contribution in [1.29, 1.82) is 0 Å². The van der Waals surface area contributed by atoms with Crippen molar-refractivity contribution in [3.63, 3.8) is 0 Å². The molecule has 0 aromatic carbocycles. The second-order valence-corrected chi connectivity index (χ2v) is 2.40. The van der Waals surface area contributed by atoms with E-state index in [1.54, 1.807) is 7.05 Å². The number of likely N-dealkylation sites (N-methyl/N-ethyl adjacent to an activating group) is 1. The quantitative estimate of drug-likeness (QED) is 0.521. The zero-order chi connectivity index (χ0) is 6.69. The topological polar surface area (TPSA) is 24.1 Å². The first-order valence-electron chi connectivity index (χ1n) is 3.36. The summed E-state index contributed by atoms with van der Waals surface area (Å²) in [5.74, 6) is 0. The van der Waals surface area contributed by atoms with E-state index in [-0.39, 0.29) is 6.04 Å². The fourth-order valence-corrected chi connectivity index (χ4v) is 1.11. The molecule has 1 unspecified atom stereocenters. The van der Waals surface area contributed by atoms with Crippen molar-refractivity contribution in [2.75, 3.05) is 20.1 Å². The Labute approximate surface area is 54.8 Å². The van der Waals surface area contributed by atoms with Crippen LogP contribution in [0.5, 0.6) is 0 Å². The molecule has 2 nitrogen and oxygen atoms in total. The summed E-state index contributed by atoms with van der Waals surface area (Å²) in [5, 5.41) is 6.03. The molecule has 1 saturated heterocycles. The summed E-state index contributed by atoms with van der Waals surface area (Å²) < 4.78 is 12.7. The molecule has 2 N–H and O–H groups in total. The highest BCUT2D eigenvalue weighted by Crippen LogP contribution is 2.06. The number of halogens is 1. The van der Waals surface area contributed by atoms with Crippen molar-refractivity contribution >= 4 is 0 Å². The molecule has 0 spiro atoms. The molecule has 0 bridgehead atoms. The first-order valence-corrected chi connectivity index (χ1v) is 3.36. The molecule has 3 heteroatoms. The van der Waals surface area contributed by atoms with Gasteiger partial charge in [0.15, 0.2) is 0 Å². The minimum absolute atomic E-state index is 0.0266. The van der Waals surface area contributed by atoms with Crippen LogP contribution in [-0.4, -0.2) is 32.4 Å². The van der Waals surface area contributed by atoms with Gasteiger partial charge >= 0.3 is 0 Å². The molecule has 0 aliphatic carbocycles. The molecular weight excluding hydrogens is 119 g/mol. The smallest absolute Gasteiger partial charge is 0.118 e. The van der Waals surface area contributed by atoms with Crippen LogP contribution < -0.4 is 10.6 Å². The van der Waals surface area contributed by atoms with Gasteiger partial charge in [0, 0.05) is 6.54 Å². The molecule has 0 aromatic heterocycles. The predicted octanol–water partition coefficient (Wildman–Crippen LogP) is -0.0942. The van der Waals surface area contributed by atoms with E-state index >= 15 is 0 Å². The van der Waals surface area contributed by atoms with Crippen LogP contribution in [0.3, 0.4) is 0 Å². The number of alkyl halides is 1. The summed E-state index contributed by atoms with van der Waals surface area (Å²) in [4.78, 5) is 0. The largest absolute Gasteiger partial charge is 0.315 e. The molecule has 0 saturated carbocycles. The number of nitrogens with one attached hydrogen (secondary N) is 2. The number of piperidine rings is 1. The molecule has 2 atom stereocenters. The zero-order valence-corrected chi connectivity index (χ0v) is 5.65. The van der Waals surface area contributed by atoms with Crippen molar-refractivity contribution < 1.29 is 4.39 Å². The van der Waals surface area contributed by atoms with Gasteiger partial charge in [-0.3, -0.25) is 0 Å². The first kappa shape index (κ1) is 6.96. The Bertz CT molecular complexity index is 87.1. The van der Waals surface area contributed by atoms with E-state index in [9.17, 15) is 4.39 Å². The predicted molar refractivity (Wildman–Crippen MR) is 35.2 cm³/mol. The van der Waals surface area contributed by atoms with E-state index in [1.807, 2.05) is 0 Å². The van der Waals surface area contributed by atoms with Crippen LogP contribution in [0, 0.1) is 0 Å². The first-order chi connectivity index (χ1) is 4.34. The minimum Gasteiger partial charge on any atom is -0.315 e. The van der Waals surface area contributed by atoms with Crippen LogP contribution in [0.2, 0.25) is 0 Å². The monoisotopic (exact) mass is 132 g/mol. The van der Waals surface area contributed by atoms with Crippen LogP contribution >= 0.6 is 0 Å². The number of rotatable bonds is 1. The van der Waals surface area contributed by atoms with Crippen LogP contribution in [0.4, 0.5) is 4.39 Å². The lowest BCUT2D eigenvalue weighted by molar-refractivity contribution is 0.208. The van der Waals surface area contributed by atoms with Gasteiger partial charge in [-0.2, -0.15) is 0 Å². The third kappa shape index (κ3) is 1.63. The second kappa shape index (κ2) is 3.13. The Morgan fingerprint density at radius 1 is 1.67 bits per heavy atom. The van der Waals surface area contributed by atoms with Crippen molar-refractivity contribution in [3.8, 4) is 0 Å². The van der Waals surface area contributed by atoms with E-state index in [0.717, 1.165) is 13.1 Å². The Hall–Kier alpha value is -0.150. The van der Waals surface area contributed by atoms with Gasteiger partial charge in [0.25, 0.3) is 0 Å². The molecule has 9 heavy (non-hydrogen) atoms. The second-order valence-electron chi connectivity index (χ2n) is 2.40. The van der Waals surface area contributed by atoms with E-state index in [4.69, 9.17) is 0 Å². The highest BCUT2D eigenvalue weighted by Gasteiger charge is 2.21.